The van der Waals surface area contributed by atoms with Crippen molar-refractivity contribution >= 4 is 21.6 Å². The highest BCUT2D eigenvalue weighted by molar-refractivity contribution is 9.10. The highest BCUT2D eigenvalue weighted by Gasteiger charge is 2.01. The maximum Gasteiger partial charge on any atom is 0.137 e. The zero-order valence-corrected chi connectivity index (χ0v) is 11.0. The van der Waals surface area contributed by atoms with Crippen LogP contribution >= 0.6 is 15.9 Å². The van der Waals surface area contributed by atoms with Gasteiger partial charge in [-0.1, -0.05) is 0 Å². The lowest BCUT2D eigenvalue weighted by molar-refractivity contribution is 0.621. The fourth-order valence-electron chi connectivity index (χ4n) is 1.48. The fourth-order valence-corrected chi connectivity index (χ4v) is 1.86. The van der Waals surface area contributed by atoms with Crippen molar-refractivity contribution in [2.75, 3.05) is 5.32 Å². The van der Waals surface area contributed by atoms with Crippen LogP contribution in [0.25, 0.3) is 0 Å². The second kappa shape index (κ2) is 5.31. The molecule has 0 saturated carbocycles. The van der Waals surface area contributed by atoms with Crippen LogP contribution in [0.2, 0.25) is 0 Å². The number of anilines is 1. The molecular formula is C12H13BrFN3. The first-order valence-corrected chi connectivity index (χ1v) is 6.18. The average molecular weight is 298 g/mol. The Morgan fingerprint density at radius 2 is 2.29 bits per heavy atom. The minimum atomic E-state index is -0.255. The van der Waals surface area contributed by atoms with E-state index in [0.717, 1.165) is 17.8 Å². The van der Waals surface area contributed by atoms with E-state index in [-0.39, 0.29) is 5.82 Å². The Bertz CT molecular complexity index is 510. The quantitative estimate of drug-likeness (QED) is 0.937. The van der Waals surface area contributed by atoms with Crippen molar-refractivity contribution in [3.8, 4) is 0 Å². The van der Waals surface area contributed by atoms with Crippen LogP contribution in [-0.4, -0.2) is 9.78 Å². The standard InChI is InChI=1S/C12H13BrFN3/c1-2-17-8-9(7-16-17)6-15-10-3-4-12(14)11(13)5-10/h3-5,7-8,15H,2,6H2,1H3. The van der Waals surface area contributed by atoms with Gasteiger partial charge in [-0.25, -0.2) is 4.39 Å². The van der Waals surface area contributed by atoms with Gasteiger partial charge in [-0.3, -0.25) is 4.68 Å². The molecular weight excluding hydrogens is 285 g/mol. The van der Waals surface area contributed by atoms with Crippen molar-refractivity contribution in [1.29, 1.82) is 0 Å². The summed E-state index contributed by atoms with van der Waals surface area (Å²) >= 11 is 3.16. The number of nitrogens with one attached hydrogen (secondary N) is 1. The van der Waals surface area contributed by atoms with Crippen LogP contribution < -0.4 is 5.32 Å². The van der Waals surface area contributed by atoms with Crippen molar-refractivity contribution in [2.24, 2.45) is 0 Å². The van der Waals surface area contributed by atoms with Crippen molar-refractivity contribution in [1.82, 2.24) is 9.78 Å². The third-order valence-electron chi connectivity index (χ3n) is 2.43. The molecule has 0 bridgehead atoms. The molecule has 3 nitrogen and oxygen atoms in total. The van der Waals surface area contributed by atoms with Gasteiger partial charge in [0.2, 0.25) is 0 Å². The van der Waals surface area contributed by atoms with Gasteiger partial charge in [0.25, 0.3) is 0 Å². The monoisotopic (exact) mass is 297 g/mol. The zero-order chi connectivity index (χ0) is 12.3. The zero-order valence-electron chi connectivity index (χ0n) is 9.45. The van der Waals surface area contributed by atoms with E-state index in [0.29, 0.717) is 11.0 Å². The van der Waals surface area contributed by atoms with Gasteiger partial charge < -0.3 is 5.32 Å². The highest BCUT2D eigenvalue weighted by Crippen LogP contribution is 2.20. The summed E-state index contributed by atoms with van der Waals surface area (Å²) in [5.41, 5.74) is 1.98. The summed E-state index contributed by atoms with van der Waals surface area (Å²) < 4.78 is 15.4. The lowest BCUT2D eigenvalue weighted by Crippen LogP contribution is -1.99. The van der Waals surface area contributed by atoms with Crippen molar-refractivity contribution in [3.63, 3.8) is 0 Å². The SMILES string of the molecule is CCn1cc(CNc2ccc(F)c(Br)c2)cn1. The van der Waals surface area contributed by atoms with Gasteiger partial charge in [0.05, 0.1) is 10.7 Å². The second-order valence-electron chi connectivity index (χ2n) is 3.69. The Labute approximate surface area is 108 Å². The fraction of sp³-hybridized carbons (Fsp3) is 0.250. The van der Waals surface area contributed by atoms with E-state index in [1.165, 1.54) is 6.07 Å². The summed E-state index contributed by atoms with van der Waals surface area (Å²) in [6, 6.07) is 4.87. The Kier molecular flexibility index (Phi) is 3.78. The maximum atomic E-state index is 13.0. The van der Waals surface area contributed by atoms with E-state index in [2.05, 4.69) is 26.3 Å². The van der Waals surface area contributed by atoms with E-state index in [1.807, 2.05) is 24.0 Å². The molecule has 1 aromatic carbocycles. The third kappa shape index (κ3) is 3.06. The van der Waals surface area contributed by atoms with E-state index in [9.17, 15) is 4.39 Å². The van der Waals surface area contributed by atoms with Crippen molar-refractivity contribution < 1.29 is 4.39 Å². The summed E-state index contributed by atoms with van der Waals surface area (Å²) in [6.45, 7) is 3.58. The van der Waals surface area contributed by atoms with E-state index >= 15 is 0 Å². The summed E-state index contributed by atoms with van der Waals surface area (Å²) in [6.07, 6.45) is 3.82. The molecule has 0 radical (unpaired) electrons. The van der Waals surface area contributed by atoms with Crippen LogP contribution in [0.3, 0.4) is 0 Å². The Balaban J connectivity index is 1.99. The molecule has 2 aromatic rings. The number of halogens is 2. The van der Waals surface area contributed by atoms with E-state index in [4.69, 9.17) is 0 Å². The van der Waals surface area contributed by atoms with Gasteiger partial charge >= 0.3 is 0 Å². The molecule has 0 spiro atoms. The number of hydrogen-bond donors (Lipinski definition) is 1. The molecule has 0 unspecified atom stereocenters. The first-order chi connectivity index (χ1) is 8.19. The van der Waals surface area contributed by atoms with Gasteiger partial charge in [0.15, 0.2) is 0 Å². The molecule has 0 atom stereocenters. The Morgan fingerprint density at radius 1 is 1.47 bits per heavy atom. The van der Waals surface area contributed by atoms with Crippen LogP contribution in [0.5, 0.6) is 0 Å². The van der Waals surface area contributed by atoms with Gasteiger partial charge in [0, 0.05) is 30.5 Å². The molecule has 0 amide bonds. The highest BCUT2D eigenvalue weighted by atomic mass is 79.9. The second-order valence-corrected chi connectivity index (χ2v) is 4.54. The Morgan fingerprint density at radius 3 is 2.94 bits per heavy atom. The van der Waals surface area contributed by atoms with Gasteiger partial charge in [-0.2, -0.15) is 5.10 Å². The van der Waals surface area contributed by atoms with Gasteiger partial charge in [0.1, 0.15) is 5.82 Å². The van der Waals surface area contributed by atoms with Crippen LogP contribution in [0, 0.1) is 5.82 Å². The number of aryl methyl sites for hydroxylation is 1. The summed E-state index contributed by atoms with van der Waals surface area (Å²) in [5.74, 6) is -0.255. The molecule has 1 N–H and O–H groups in total. The first-order valence-electron chi connectivity index (χ1n) is 5.39. The molecule has 0 saturated heterocycles. The summed E-state index contributed by atoms with van der Waals surface area (Å²) in [7, 11) is 0. The molecule has 1 heterocycles. The minimum absolute atomic E-state index is 0.255. The molecule has 0 aliphatic carbocycles. The molecule has 5 heteroatoms. The van der Waals surface area contributed by atoms with Crippen molar-refractivity contribution in [2.45, 2.75) is 20.0 Å². The lowest BCUT2D eigenvalue weighted by atomic mass is 10.3. The number of nitrogens with zero attached hydrogens (tertiary/aromatic N) is 2. The van der Waals surface area contributed by atoms with Crippen LogP contribution in [0.1, 0.15) is 12.5 Å². The molecule has 1 aromatic heterocycles. The number of hydrogen-bond acceptors (Lipinski definition) is 2. The minimum Gasteiger partial charge on any atom is -0.381 e. The molecule has 17 heavy (non-hydrogen) atoms. The molecule has 90 valence electrons. The molecule has 2 rings (SSSR count). The van der Waals surface area contributed by atoms with E-state index < -0.39 is 0 Å². The first kappa shape index (κ1) is 12.1. The number of benzene rings is 1. The molecule has 0 aliphatic rings. The molecule has 0 fully saturated rings. The topological polar surface area (TPSA) is 29.9 Å². The lowest BCUT2D eigenvalue weighted by Gasteiger charge is -2.05. The van der Waals surface area contributed by atoms with Crippen molar-refractivity contribution in [3.05, 3.63) is 46.4 Å². The predicted octanol–water partition coefficient (Wildman–Crippen LogP) is 3.42. The van der Waals surface area contributed by atoms with E-state index in [1.54, 1.807) is 12.1 Å². The maximum absolute atomic E-state index is 13.0. The third-order valence-corrected chi connectivity index (χ3v) is 3.03. The van der Waals surface area contributed by atoms with Crippen LogP contribution in [0.15, 0.2) is 35.1 Å². The normalized spacial score (nSPS) is 10.5. The number of aromatic nitrogens is 2. The van der Waals surface area contributed by atoms with Crippen LogP contribution in [0.4, 0.5) is 10.1 Å². The smallest absolute Gasteiger partial charge is 0.137 e. The Hall–Kier alpha value is -1.36. The van der Waals surface area contributed by atoms with Gasteiger partial charge in [-0.15, -0.1) is 0 Å². The summed E-state index contributed by atoms with van der Waals surface area (Å²) in [5, 5.41) is 7.40. The van der Waals surface area contributed by atoms with Crippen LogP contribution in [-0.2, 0) is 13.1 Å². The average Bonchev–Trinajstić information content (AvgIpc) is 2.79. The predicted molar refractivity (Wildman–Crippen MR) is 69.3 cm³/mol. The van der Waals surface area contributed by atoms with Gasteiger partial charge in [-0.05, 0) is 41.1 Å². The largest absolute Gasteiger partial charge is 0.381 e. The molecule has 0 aliphatic heterocycles. The number of rotatable bonds is 4. The summed E-state index contributed by atoms with van der Waals surface area (Å²) in [4.78, 5) is 0.